The van der Waals surface area contributed by atoms with Gasteiger partial charge < -0.3 is 20.5 Å². The van der Waals surface area contributed by atoms with Crippen LogP contribution < -0.4 is 20.5 Å². The van der Waals surface area contributed by atoms with Crippen LogP contribution in [0.3, 0.4) is 0 Å². The third kappa shape index (κ3) is 3.55. The van der Waals surface area contributed by atoms with Crippen LogP contribution in [-0.2, 0) is 0 Å². The molecule has 2 atom stereocenters. The van der Waals surface area contributed by atoms with Gasteiger partial charge in [-0.25, -0.2) is 4.99 Å². The lowest BCUT2D eigenvalue weighted by atomic mass is 9.92. The molecule has 0 radical (unpaired) electrons. The van der Waals surface area contributed by atoms with Crippen LogP contribution in [0.4, 0.5) is 0 Å². The molecular weight excluding hydrogens is 314 g/mol. The molecule has 1 aliphatic heterocycles. The number of hydrogen-bond donors (Lipinski definition) is 2. The molecule has 3 N–H and O–H groups in total. The van der Waals surface area contributed by atoms with Crippen molar-refractivity contribution < 1.29 is 9.47 Å². The van der Waals surface area contributed by atoms with Crippen LogP contribution in [0, 0.1) is 13.8 Å². The Kier molecular flexibility index (Phi) is 4.83. The summed E-state index contributed by atoms with van der Waals surface area (Å²) >= 11 is 0. The zero-order valence-electron chi connectivity index (χ0n) is 15.2. The highest BCUT2D eigenvalue weighted by molar-refractivity contribution is 5.79. The first-order chi connectivity index (χ1) is 12.0. The molecule has 0 fully saturated rings. The number of methoxy groups -OCH3 is 2. The molecule has 3 rings (SSSR count). The average Bonchev–Trinajstić information content (AvgIpc) is 2.62. The Morgan fingerprint density at radius 3 is 2.36 bits per heavy atom. The van der Waals surface area contributed by atoms with Gasteiger partial charge >= 0.3 is 0 Å². The standard InChI is InChI=1S/C20H25N3O2/c1-12-5-6-14(9-13(12)2)16-11-17(23-20(21)22-16)15-7-8-18(24-3)19(10-15)25-4/h5-10,16-17H,11H2,1-4H3,(H3,21,22,23). The fraction of sp³-hybridized carbons (Fsp3) is 0.350. The normalized spacial score (nSPS) is 19.8. The molecule has 1 aliphatic rings. The maximum absolute atomic E-state index is 6.07. The summed E-state index contributed by atoms with van der Waals surface area (Å²) in [4.78, 5) is 4.60. The van der Waals surface area contributed by atoms with Gasteiger partial charge in [0.2, 0.25) is 0 Å². The summed E-state index contributed by atoms with van der Waals surface area (Å²) in [5.41, 5.74) is 10.9. The number of nitrogens with two attached hydrogens (primary N) is 1. The maximum Gasteiger partial charge on any atom is 0.189 e. The average molecular weight is 339 g/mol. The van der Waals surface area contributed by atoms with Crippen molar-refractivity contribution >= 4 is 5.96 Å². The number of ether oxygens (including phenoxy) is 2. The van der Waals surface area contributed by atoms with Gasteiger partial charge in [-0.15, -0.1) is 0 Å². The molecule has 0 spiro atoms. The second-order valence-electron chi connectivity index (χ2n) is 6.42. The predicted molar refractivity (Wildman–Crippen MR) is 100 cm³/mol. The van der Waals surface area contributed by atoms with Crippen LogP contribution in [0.1, 0.15) is 40.8 Å². The van der Waals surface area contributed by atoms with E-state index in [0.29, 0.717) is 11.7 Å². The minimum atomic E-state index is 0.0404. The van der Waals surface area contributed by atoms with E-state index in [1.54, 1.807) is 14.2 Å². The van der Waals surface area contributed by atoms with Crippen LogP contribution in [0.25, 0.3) is 0 Å². The van der Waals surface area contributed by atoms with Crippen molar-refractivity contribution in [1.29, 1.82) is 0 Å². The lowest BCUT2D eigenvalue weighted by Crippen LogP contribution is -2.39. The number of nitrogens with one attached hydrogen (secondary N) is 1. The number of aliphatic imine (C=N–C) groups is 1. The summed E-state index contributed by atoms with van der Waals surface area (Å²) < 4.78 is 10.7. The largest absolute Gasteiger partial charge is 0.493 e. The number of aryl methyl sites for hydroxylation is 2. The molecule has 0 saturated heterocycles. The Morgan fingerprint density at radius 2 is 1.68 bits per heavy atom. The monoisotopic (exact) mass is 339 g/mol. The fourth-order valence-electron chi connectivity index (χ4n) is 3.19. The van der Waals surface area contributed by atoms with Gasteiger partial charge in [-0.05, 0) is 54.7 Å². The molecular formula is C20H25N3O2. The molecule has 2 unspecified atom stereocenters. The summed E-state index contributed by atoms with van der Waals surface area (Å²) in [7, 11) is 3.28. The quantitative estimate of drug-likeness (QED) is 0.896. The van der Waals surface area contributed by atoms with Crippen LogP contribution >= 0.6 is 0 Å². The second-order valence-corrected chi connectivity index (χ2v) is 6.42. The van der Waals surface area contributed by atoms with Crippen LogP contribution in [0.2, 0.25) is 0 Å². The van der Waals surface area contributed by atoms with E-state index in [0.717, 1.165) is 17.7 Å². The second kappa shape index (κ2) is 7.05. The van der Waals surface area contributed by atoms with Crippen LogP contribution in [-0.4, -0.2) is 20.2 Å². The van der Waals surface area contributed by atoms with Gasteiger partial charge in [0.1, 0.15) is 0 Å². The lowest BCUT2D eigenvalue weighted by Gasteiger charge is -2.29. The highest BCUT2D eigenvalue weighted by Gasteiger charge is 2.25. The molecule has 0 saturated carbocycles. The predicted octanol–water partition coefficient (Wildman–Crippen LogP) is 3.41. The molecule has 132 valence electrons. The van der Waals surface area contributed by atoms with E-state index in [2.05, 4.69) is 42.4 Å². The number of hydrogen-bond acceptors (Lipinski definition) is 5. The minimum absolute atomic E-state index is 0.0404. The fourth-order valence-corrected chi connectivity index (χ4v) is 3.19. The van der Waals surface area contributed by atoms with Gasteiger partial charge in [-0.1, -0.05) is 24.3 Å². The summed E-state index contributed by atoms with van der Waals surface area (Å²) in [5.74, 6) is 1.90. The summed E-state index contributed by atoms with van der Waals surface area (Å²) in [5, 5.41) is 3.28. The molecule has 25 heavy (non-hydrogen) atoms. The van der Waals surface area contributed by atoms with Crippen molar-refractivity contribution in [3.05, 3.63) is 58.7 Å². The van der Waals surface area contributed by atoms with E-state index in [4.69, 9.17) is 15.2 Å². The number of guanidine groups is 1. The first-order valence-electron chi connectivity index (χ1n) is 8.40. The molecule has 0 bridgehead atoms. The van der Waals surface area contributed by atoms with Gasteiger partial charge in [-0.3, -0.25) is 0 Å². The maximum atomic E-state index is 6.07. The molecule has 2 aromatic carbocycles. The molecule has 5 nitrogen and oxygen atoms in total. The Morgan fingerprint density at radius 1 is 0.960 bits per heavy atom. The van der Waals surface area contributed by atoms with Crippen molar-refractivity contribution in [3.8, 4) is 11.5 Å². The summed E-state index contributed by atoms with van der Waals surface area (Å²) in [6, 6.07) is 12.5. The number of benzene rings is 2. The van der Waals surface area contributed by atoms with Crippen LogP contribution in [0.5, 0.6) is 11.5 Å². The summed E-state index contributed by atoms with van der Waals surface area (Å²) in [6.07, 6.45) is 0.832. The van der Waals surface area contributed by atoms with Crippen molar-refractivity contribution in [3.63, 3.8) is 0 Å². The van der Waals surface area contributed by atoms with Gasteiger partial charge in [0.05, 0.1) is 26.3 Å². The third-order valence-corrected chi connectivity index (χ3v) is 4.80. The topological polar surface area (TPSA) is 68.9 Å². The zero-order valence-corrected chi connectivity index (χ0v) is 15.2. The van der Waals surface area contributed by atoms with E-state index >= 15 is 0 Å². The highest BCUT2D eigenvalue weighted by atomic mass is 16.5. The number of nitrogens with zero attached hydrogens (tertiary/aromatic N) is 1. The van der Waals surface area contributed by atoms with Gasteiger partial charge in [0, 0.05) is 0 Å². The molecule has 2 aromatic rings. The van der Waals surface area contributed by atoms with E-state index < -0.39 is 0 Å². The smallest absolute Gasteiger partial charge is 0.189 e. The van der Waals surface area contributed by atoms with Crippen molar-refractivity contribution in [2.24, 2.45) is 10.7 Å². The highest BCUT2D eigenvalue weighted by Crippen LogP contribution is 2.36. The first kappa shape index (κ1) is 17.1. The lowest BCUT2D eigenvalue weighted by molar-refractivity contribution is 0.353. The molecule has 0 amide bonds. The molecule has 0 aromatic heterocycles. The molecule has 5 heteroatoms. The van der Waals surface area contributed by atoms with E-state index in [1.165, 1.54) is 16.7 Å². The Labute approximate surface area is 148 Å². The van der Waals surface area contributed by atoms with Crippen molar-refractivity contribution in [1.82, 2.24) is 5.32 Å². The molecule has 0 aliphatic carbocycles. The van der Waals surface area contributed by atoms with Crippen molar-refractivity contribution in [2.75, 3.05) is 14.2 Å². The van der Waals surface area contributed by atoms with E-state index in [1.807, 2.05) is 18.2 Å². The van der Waals surface area contributed by atoms with Gasteiger partial charge in [0.25, 0.3) is 0 Å². The Bertz CT molecular complexity index is 802. The van der Waals surface area contributed by atoms with Crippen molar-refractivity contribution in [2.45, 2.75) is 32.4 Å². The van der Waals surface area contributed by atoms with E-state index in [9.17, 15) is 0 Å². The Balaban J connectivity index is 1.89. The third-order valence-electron chi connectivity index (χ3n) is 4.80. The SMILES string of the molecule is COc1ccc(C2CC(c3ccc(C)c(C)c3)N=C(N)N2)cc1OC. The van der Waals surface area contributed by atoms with E-state index in [-0.39, 0.29) is 12.1 Å². The van der Waals surface area contributed by atoms with Crippen LogP contribution in [0.15, 0.2) is 41.4 Å². The minimum Gasteiger partial charge on any atom is -0.493 e. The first-order valence-corrected chi connectivity index (χ1v) is 8.40. The zero-order chi connectivity index (χ0) is 18.0. The molecule has 1 heterocycles. The summed E-state index contributed by atoms with van der Waals surface area (Å²) in [6.45, 7) is 4.24. The van der Waals surface area contributed by atoms with Gasteiger partial charge in [0.15, 0.2) is 17.5 Å². The van der Waals surface area contributed by atoms with Gasteiger partial charge in [-0.2, -0.15) is 0 Å². The Hall–Kier alpha value is -2.69. The number of rotatable bonds is 4.